The van der Waals surface area contributed by atoms with E-state index in [9.17, 15) is 13.2 Å². The molecule has 1 aliphatic rings. The molecule has 2 aromatic rings. The van der Waals surface area contributed by atoms with E-state index in [1.54, 1.807) is 23.1 Å². The van der Waals surface area contributed by atoms with Crippen LogP contribution in [0.1, 0.15) is 34.8 Å². The Morgan fingerprint density at radius 2 is 1.73 bits per heavy atom. The lowest BCUT2D eigenvalue weighted by molar-refractivity contribution is 0.0744. The van der Waals surface area contributed by atoms with Crippen molar-refractivity contribution >= 4 is 15.9 Å². The summed E-state index contributed by atoms with van der Waals surface area (Å²) in [7, 11) is 0.271. The standard InChI is InChI=1S/C23H31N3O3S/c1-4-13-25(16-15-24(2)3)23(27)20-10-7-11-22(17-20)30(28,29)26-14-12-19-8-5-6-9-21(19)18-26/h5-11,17H,4,12-16,18H2,1-3H3. The minimum Gasteiger partial charge on any atom is -0.337 e. The summed E-state index contributed by atoms with van der Waals surface area (Å²) in [5, 5.41) is 0. The van der Waals surface area contributed by atoms with Crippen molar-refractivity contribution in [2.45, 2.75) is 31.2 Å². The lowest BCUT2D eigenvalue weighted by Gasteiger charge is -2.28. The maximum Gasteiger partial charge on any atom is 0.253 e. The predicted octanol–water partition coefficient (Wildman–Crippen LogP) is 2.85. The number of carbonyl (C=O) groups is 1. The lowest BCUT2D eigenvalue weighted by Crippen LogP contribution is -2.38. The average Bonchev–Trinajstić information content (AvgIpc) is 2.75. The van der Waals surface area contributed by atoms with Crippen LogP contribution in [0.2, 0.25) is 0 Å². The van der Waals surface area contributed by atoms with Gasteiger partial charge in [-0.25, -0.2) is 8.42 Å². The second-order valence-electron chi connectivity index (χ2n) is 7.98. The summed E-state index contributed by atoms with van der Waals surface area (Å²) in [5.41, 5.74) is 2.65. The average molecular weight is 430 g/mol. The SMILES string of the molecule is CCCN(CCN(C)C)C(=O)c1cccc(S(=O)(=O)N2CCc3ccccc3C2)c1. The molecule has 1 amide bonds. The first-order chi connectivity index (χ1) is 14.3. The van der Waals surface area contributed by atoms with E-state index in [4.69, 9.17) is 0 Å². The molecule has 1 aliphatic heterocycles. The summed E-state index contributed by atoms with van der Waals surface area (Å²) in [5.74, 6) is -0.125. The Hall–Kier alpha value is -2.22. The van der Waals surface area contributed by atoms with E-state index in [2.05, 4.69) is 6.07 Å². The summed E-state index contributed by atoms with van der Waals surface area (Å²) in [6.45, 7) is 4.86. The van der Waals surface area contributed by atoms with Gasteiger partial charge in [-0.15, -0.1) is 0 Å². The largest absolute Gasteiger partial charge is 0.337 e. The molecule has 0 unspecified atom stereocenters. The second kappa shape index (κ2) is 9.73. The third kappa shape index (κ3) is 5.09. The van der Waals surface area contributed by atoms with Gasteiger partial charge >= 0.3 is 0 Å². The molecule has 2 aromatic carbocycles. The Morgan fingerprint density at radius 3 is 2.43 bits per heavy atom. The molecule has 0 fully saturated rings. The molecule has 30 heavy (non-hydrogen) atoms. The van der Waals surface area contributed by atoms with E-state index < -0.39 is 10.0 Å². The van der Waals surface area contributed by atoms with Crippen LogP contribution in [0.15, 0.2) is 53.4 Å². The molecule has 0 atom stereocenters. The van der Waals surface area contributed by atoms with Gasteiger partial charge in [0, 0.05) is 38.3 Å². The molecule has 0 radical (unpaired) electrons. The van der Waals surface area contributed by atoms with Crippen molar-refractivity contribution in [3.05, 3.63) is 65.2 Å². The highest BCUT2D eigenvalue weighted by atomic mass is 32.2. The van der Waals surface area contributed by atoms with Crippen molar-refractivity contribution in [3.8, 4) is 0 Å². The van der Waals surface area contributed by atoms with E-state index in [1.807, 2.05) is 44.1 Å². The van der Waals surface area contributed by atoms with E-state index in [1.165, 1.54) is 15.9 Å². The van der Waals surface area contributed by atoms with E-state index >= 15 is 0 Å². The van der Waals surface area contributed by atoms with Crippen LogP contribution in [0, 0.1) is 0 Å². The molecule has 0 bridgehead atoms. The topological polar surface area (TPSA) is 60.9 Å². The molecule has 6 nitrogen and oxygen atoms in total. The van der Waals surface area contributed by atoms with Gasteiger partial charge in [0.05, 0.1) is 4.90 Å². The Balaban J connectivity index is 1.82. The predicted molar refractivity (Wildman–Crippen MR) is 119 cm³/mol. The zero-order valence-electron chi connectivity index (χ0n) is 18.0. The van der Waals surface area contributed by atoms with Gasteiger partial charge in [-0.05, 0) is 56.3 Å². The van der Waals surface area contributed by atoms with Crippen LogP contribution in [0.3, 0.4) is 0 Å². The summed E-state index contributed by atoms with van der Waals surface area (Å²) in [6.07, 6.45) is 1.55. The maximum absolute atomic E-state index is 13.3. The van der Waals surface area contributed by atoms with Crippen molar-refractivity contribution in [1.29, 1.82) is 0 Å². The van der Waals surface area contributed by atoms with E-state index in [0.29, 0.717) is 38.2 Å². The third-order valence-electron chi connectivity index (χ3n) is 5.41. The molecular formula is C23H31N3O3S. The first-order valence-corrected chi connectivity index (χ1v) is 11.9. The number of hydrogen-bond acceptors (Lipinski definition) is 4. The molecule has 0 saturated heterocycles. The number of amides is 1. The highest BCUT2D eigenvalue weighted by molar-refractivity contribution is 7.89. The number of rotatable bonds is 8. The fourth-order valence-corrected chi connectivity index (χ4v) is 5.17. The number of hydrogen-bond donors (Lipinski definition) is 0. The highest BCUT2D eigenvalue weighted by Gasteiger charge is 2.29. The van der Waals surface area contributed by atoms with Crippen LogP contribution in [-0.2, 0) is 23.0 Å². The van der Waals surface area contributed by atoms with Gasteiger partial charge in [0.2, 0.25) is 10.0 Å². The molecule has 162 valence electrons. The summed E-state index contributed by atoms with van der Waals surface area (Å²) < 4.78 is 28.1. The van der Waals surface area contributed by atoms with Gasteiger partial charge in [0.1, 0.15) is 0 Å². The van der Waals surface area contributed by atoms with Gasteiger partial charge in [0.25, 0.3) is 5.91 Å². The summed E-state index contributed by atoms with van der Waals surface area (Å²) in [6, 6.07) is 14.4. The Kier molecular flexibility index (Phi) is 7.28. The summed E-state index contributed by atoms with van der Waals surface area (Å²) >= 11 is 0. The van der Waals surface area contributed by atoms with Crippen molar-refractivity contribution in [1.82, 2.24) is 14.1 Å². The fourth-order valence-electron chi connectivity index (χ4n) is 3.70. The van der Waals surface area contributed by atoms with Crippen LogP contribution in [0.25, 0.3) is 0 Å². The van der Waals surface area contributed by atoms with Gasteiger partial charge in [-0.3, -0.25) is 4.79 Å². The summed E-state index contributed by atoms with van der Waals surface area (Å²) in [4.78, 5) is 17.1. The molecule has 0 aromatic heterocycles. The second-order valence-corrected chi connectivity index (χ2v) is 9.92. The normalized spacial score (nSPS) is 14.5. The zero-order chi connectivity index (χ0) is 21.7. The van der Waals surface area contributed by atoms with Crippen LogP contribution < -0.4 is 0 Å². The molecule has 0 aliphatic carbocycles. The van der Waals surface area contributed by atoms with Crippen molar-refractivity contribution in [2.24, 2.45) is 0 Å². The fraction of sp³-hybridized carbons (Fsp3) is 0.435. The van der Waals surface area contributed by atoms with Crippen LogP contribution in [0.5, 0.6) is 0 Å². The first kappa shape index (κ1) is 22.5. The van der Waals surface area contributed by atoms with Crippen molar-refractivity contribution < 1.29 is 13.2 Å². The zero-order valence-corrected chi connectivity index (χ0v) is 18.9. The Morgan fingerprint density at radius 1 is 1.00 bits per heavy atom. The van der Waals surface area contributed by atoms with Gasteiger partial charge < -0.3 is 9.80 Å². The third-order valence-corrected chi connectivity index (χ3v) is 7.25. The number of nitrogens with zero attached hydrogens (tertiary/aromatic N) is 3. The Bertz CT molecular complexity index is 989. The van der Waals surface area contributed by atoms with Gasteiger partial charge in [0.15, 0.2) is 0 Å². The van der Waals surface area contributed by atoms with E-state index in [0.717, 1.165) is 18.5 Å². The maximum atomic E-state index is 13.3. The molecule has 0 saturated carbocycles. The highest BCUT2D eigenvalue weighted by Crippen LogP contribution is 2.25. The number of fused-ring (bicyclic) bond motifs is 1. The monoisotopic (exact) mass is 429 g/mol. The Labute approximate surface area is 180 Å². The van der Waals surface area contributed by atoms with Crippen LogP contribution in [-0.4, -0.2) is 68.7 Å². The van der Waals surface area contributed by atoms with Gasteiger partial charge in [-0.2, -0.15) is 4.31 Å². The van der Waals surface area contributed by atoms with Gasteiger partial charge in [-0.1, -0.05) is 37.3 Å². The van der Waals surface area contributed by atoms with Crippen molar-refractivity contribution in [2.75, 3.05) is 40.3 Å². The molecule has 0 N–H and O–H groups in total. The van der Waals surface area contributed by atoms with Crippen LogP contribution >= 0.6 is 0 Å². The molecule has 7 heteroatoms. The molecular weight excluding hydrogens is 398 g/mol. The number of carbonyl (C=O) groups excluding carboxylic acids is 1. The molecule has 0 spiro atoms. The number of likely N-dealkylation sites (N-methyl/N-ethyl adjacent to an activating group) is 1. The quantitative estimate of drug-likeness (QED) is 0.647. The van der Waals surface area contributed by atoms with Crippen LogP contribution in [0.4, 0.5) is 0 Å². The smallest absolute Gasteiger partial charge is 0.253 e. The number of benzene rings is 2. The molecule has 3 rings (SSSR count). The lowest BCUT2D eigenvalue weighted by atomic mass is 10.0. The van der Waals surface area contributed by atoms with E-state index in [-0.39, 0.29) is 10.8 Å². The van der Waals surface area contributed by atoms with Crippen molar-refractivity contribution in [3.63, 3.8) is 0 Å². The molecule has 1 heterocycles. The first-order valence-electron chi connectivity index (χ1n) is 10.4. The number of sulfonamides is 1. The minimum absolute atomic E-state index is 0.125. The minimum atomic E-state index is -3.67.